The normalized spacial score (nSPS) is 10.3. The lowest BCUT2D eigenvalue weighted by Crippen LogP contribution is -1.93. The Balaban J connectivity index is 1.70. The first-order valence-electron chi connectivity index (χ1n) is 7.08. The molecule has 0 aliphatic heterocycles. The minimum absolute atomic E-state index is 0.310. The summed E-state index contributed by atoms with van der Waals surface area (Å²) < 4.78 is 16.9. The number of nitrogens with one attached hydrogen (secondary N) is 2. The van der Waals surface area contributed by atoms with Gasteiger partial charge in [0.05, 0.1) is 17.3 Å². The smallest absolute Gasteiger partial charge is 0.148 e. The summed E-state index contributed by atoms with van der Waals surface area (Å²) in [5.74, 6) is -0.434. The molecule has 5 heteroatoms. The zero-order chi connectivity index (χ0) is 16.1. The Morgan fingerprint density at radius 1 is 1.13 bits per heavy atom. The van der Waals surface area contributed by atoms with E-state index in [4.69, 9.17) is 5.26 Å². The lowest BCUT2D eigenvalue weighted by molar-refractivity contribution is 0.632. The molecule has 3 nitrogen and oxygen atoms in total. The number of aromatic nitrogens is 1. The lowest BCUT2D eigenvalue weighted by Gasteiger charge is -2.08. The van der Waals surface area contributed by atoms with E-state index in [2.05, 4.69) is 21.8 Å². The molecular weight excluding hydrogens is 309 g/mol. The molecule has 3 aromatic rings. The predicted molar refractivity (Wildman–Crippen MR) is 90.6 cm³/mol. The lowest BCUT2D eigenvalue weighted by atomic mass is 10.1. The fourth-order valence-electron chi connectivity index (χ4n) is 2.21. The highest BCUT2D eigenvalue weighted by Crippen LogP contribution is 2.27. The van der Waals surface area contributed by atoms with Gasteiger partial charge in [-0.05, 0) is 41.3 Å². The van der Waals surface area contributed by atoms with Gasteiger partial charge in [0.1, 0.15) is 5.82 Å². The van der Waals surface area contributed by atoms with Crippen LogP contribution in [0.2, 0.25) is 0 Å². The van der Waals surface area contributed by atoms with Crippen LogP contribution in [-0.4, -0.2) is 4.98 Å². The van der Waals surface area contributed by atoms with Crippen LogP contribution in [0.15, 0.2) is 65.8 Å². The van der Waals surface area contributed by atoms with E-state index in [0.29, 0.717) is 11.3 Å². The van der Waals surface area contributed by atoms with Crippen LogP contribution in [0.5, 0.6) is 0 Å². The molecular formula is C18H14FN3S. The molecule has 114 valence electrons. The quantitative estimate of drug-likeness (QED) is 0.667. The summed E-state index contributed by atoms with van der Waals surface area (Å²) in [6.45, 7) is 0. The molecule has 23 heavy (non-hydrogen) atoms. The SMILES string of the molecule is N#Cc1ccc(NSc2c[nH]cc2Cc2ccccc2)c(F)c1. The van der Waals surface area contributed by atoms with E-state index in [1.54, 1.807) is 12.1 Å². The number of H-pyrrole nitrogens is 1. The molecule has 0 saturated heterocycles. The maximum absolute atomic E-state index is 13.9. The molecule has 0 saturated carbocycles. The van der Waals surface area contributed by atoms with Crippen molar-refractivity contribution in [2.45, 2.75) is 11.3 Å². The predicted octanol–water partition coefficient (Wildman–Crippen LogP) is 4.74. The van der Waals surface area contributed by atoms with E-state index < -0.39 is 5.82 Å². The first-order valence-corrected chi connectivity index (χ1v) is 7.90. The summed E-state index contributed by atoms with van der Waals surface area (Å²) in [6.07, 6.45) is 4.65. The molecule has 0 radical (unpaired) electrons. The average Bonchev–Trinajstić information content (AvgIpc) is 3.01. The van der Waals surface area contributed by atoms with Crippen molar-refractivity contribution in [3.8, 4) is 6.07 Å². The second kappa shape index (κ2) is 7.03. The highest BCUT2D eigenvalue weighted by molar-refractivity contribution is 8.00. The third-order valence-electron chi connectivity index (χ3n) is 3.40. The van der Waals surface area contributed by atoms with E-state index in [0.717, 1.165) is 16.9 Å². The molecule has 0 spiro atoms. The van der Waals surface area contributed by atoms with Crippen molar-refractivity contribution in [3.05, 3.63) is 83.4 Å². The van der Waals surface area contributed by atoms with Gasteiger partial charge >= 0.3 is 0 Å². The number of nitrogens with zero attached hydrogens (tertiary/aromatic N) is 1. The van der Waals surface area contributed by atoms with Crippen molar-refractivity contribution in [3.63, 3.8) is 0 Å². The van der Waals surface area contributed by atoms with Crippen LogP contribution >= 0.6 is 11.9 Å². The molecule has 1 heterocycles. The van der Waals surface area contributed by atoms with Gasteiger partial charge < -0.3 is 9.71 Å². The monoisotopic (exact) mass is 323 g/mol. The van der Waals surface area contributed by atoms with Crippen molar-refractivity contribution in [1.82, 2.24) is 4.98 Å². The van der Waals surface area contributed by atoms with Crippen LogP contribution in [0.25, 0.3) is 0 Å². The minimum Gasteiger partial charge on any atom is -0.366 e. The van der Waals surface area contributed by atoms with Crippen LogP contribution < -0.4 is 4.72 Å². The molecule has 0 amide bonds. The summed E-state index contributed by atoms with van der Waals surface area (Å²) in [5.41, 5.74) is 3.03. The van der Waals surface area contributed by atoms with Crippen LogP contribution in [0.1, 0.15) is 16.7 Å². The number of hydrogen-bond donors (Lipinski definition) is 2. The number of hydrogen-bond acceptors (Lipinski definition) is 3. The average molecular weight is 323 g/mol. The largest absolute Gasteiger partial charge is 0.366 e. The zero-order valence-corrected chi connectivity index (χ0v) is 13.0. The Morgan fingerprint density at radius 3 is 2.70 bits per heavy atom. The molecule has 0 unspecified atom stereocenters. The van der Waals surface area contributed by atoms with Crippen molar-refractivity contribution in [1.29, 1.82) is 5.26 Å². The topological polar surface area (TPSA) is 51.6 Å². The van der Waals surface area contributed by atoms with Gasteiger partial charge in [0.2, 0.25) is 0 Å². The number of rotatable bonds is 5. The Kier molecular flexibility index (Phi) is 4.65. The van der Waals surface area contributed by atoms with Gasteiger partial charge in [0.15, 0.2) is 0 Å². The molecule has 0 bridgehead atoms. The Labute approximate surface area is 138 Å². The molecule has 2 N–H and O–H groups in total. The first kappa shape index (κ1) is 15.2. The number of aromatic amines is 1. The molecule has 0 atom stereocenters. The Bertz CT molecular complexity index is 837. The minimum atomic E-state index is -0.434. The van der Waals surface area contributed by atoms with Crippen molar-refractivity contribution < 1.29 is 4.39 Å². The van der Waals surface area contributed by atoms with Gasteiger partial charge in [-0.1, -0.05) is 30.3 Å². The van der Waals surface area contributed by atoms with Crippen LogP contribution in [0.3, 0.4) is 0 Å². The van der Waals surface area contributed by atoms with E-state index in [1.807, 2.05) is 36.7 Å². The maximum atomic E-state index is 13.9. The third kappa shape index (κ3) is 3.74. The molecule has 3 rings (SSSR count). The summed E-state index contributed by atoms with van der Waals surface area (Å²) >= 11 is 1.35. The van der Waals surface area contributed by atoms with Crippen LogP contribution in [0, 0.1) is 17.1 Å². The molecule has 0 aliphatic carbocycles. The van der Waals surface area contributed by atoms with Crippen molar-refractivity contribution in [2.75, 3.05) is 4.72 Å². The zero-order valence-electron chi connectivity index (χ0n) is 12.2. The number of nitriles is 1. The number of halogens is 1. The van der Waals surface area contributed by atoms with E-state index in [1.165, 1.54) is 23.6 Å². The van der Waals surface area contributed by atoms with Gasteiger partial charge in [-0.25, -0.2) is 4.39 Å². The Hall–Kier alpha value is -2.71. The standard InChI is InChI=1S/C18H14FN3S/c19-16-9-14(10-20)6-7-17(16)22-23-18-12-21-11-15(18)8-13-4-2-1-3-5-13/h1-7,9,11-12,21-22H,8H2. The van der Waals surface area contributed by atoms with Crippen molar-refractivity contribution >= 4 is 17.6 Å². The van der Waals surface area contributed by atoms with E-state index in [9.17, 15) is 4.39 Å². The summed E-state index contributed by atoms with van der Waals surface area (Å²) in [4.78, 5) is 4.10. The fourth-order valence-corrected chi connectivity index (χ4v) is 2.98. The maximum Gasteiger partial charge on any atom is 0.148 e. The molecule has 1 aromatic heterocycles. The van der Waals surface area contributed by atoms with Gasteiger partial charge in [-0.3, -0.25) is 0 Å². The summed E-state index contributed by atoms with van der Waals surface area (Å²) in [7, 11) is 0. The second-order valence-corrected chi connectivity index (χ2v) is 5.87. The van der Waals surface area contributed by atoms with Gasteiger partial charge in [-0.15, -0.1) is 0 Å². The van der Waals surface area contributed by atoms with Crippen LogP contribution in [-0.2, 0) is 6.42 Å². The highest BCUT2D eigenvalue weighted by atomic mass is 32.2. The second-order valence-electron chi connectivity index (χ2n) is 5.02. The molecule has 2 aromatic carbocycles. The Morgan fingerprint density at radius 2 is 1.96 bits per heavy atom. The summed E-state index contributed by atoms with van der Waals surface area (Å²) in [6, 6.07) is 16.5. The van der Waals surface area contributed by atoms with Crippen molar-refractivity contribution in [2.24, 2.45) is 0 Å². The third-order valence-corrected chi connectivity index (χ3v) is 4.32. The molecule has 0 aliphatic rings. The van der Waals surface area contributed by atoms with Gasteiger partial charge in [-0.2, -0.15) is 5.26 Å². The number of anilines is 1. The first-order chi connectivity index (χ1) is 11.3. The van der Waals surface area contributed by atoms with Gasteiger partial charge in [0, 0.05) is 23.7 Å². The summed E-state index contributed by atoms with van der Waals surface area (Å²) in [5, 5.41) is 8.76. The van der Waals surface area contributed by atoms with E-state index >= 15 is 0 Å². The molecule has 0 fully saturated rings. The number of benzene rings is 2. The van der Waals surface area contributed by atoms with Crippen LogP contribution in [0.4, 0.5) is 10.1 Å². The fraction of sp³-hybridized carbons (Fsp3) is 0.0556. The highest BCUT2D eigenvalue weighted by Gasteiger charge is 2.08. The van der Waals surface area contributed by atoms with Gasteiger partial charge in [0.25, 0.3) is 0 Å². The van der Waals surface area contributed by atoms with E-state index in [-0.39, 0.29) is 0 Å².